The Hall–Kier alpha value is -4.22. The zero-order valence-corrected chi connectivity index (χ0v) is 28.1. The highest BCUT2D eigenvalue weighted by molar-refractivity contribution is 7.89. The maximum Gasteiger partial charge on any atom is 0.241 e. The lowest BCUT2D eigenvalue weighted by Gasteiger charge is -2.22. The summed E-state index contributed by atoms with van der Waals surface area (Å²) in [5.41, 5.74) is 2.08. The first-order valence-corrected chi connectivity index (χ1v) is 17.0. The van der Waals surface area contributed by atoms with Gasteiger partial charge in [-0.25, -0.2) is 22.5 Å². The molecule has 4 rings (SSSR count). The molecule has 0 atom stereocenters. The number of halogens is 1. The van der Waals surface area contributed by atoms with E-state index in [4.69, 9.17) is 4.98 Å². The summed E-state index contributed by atoms with van der Waals surface area (Å²) < 4.78 is 46.7. The zero-order valence-electron chi connectivity index (χ0n) is 27.3. The van der Waals surface area contributed by atoms with E-state index in [2.05, 4.69) is 9.71 Å². The van der Waals surface area contributed by atoms with E-state index in [1.165, 1.54) is 24.0 Å². The number of carbonyl (C=O) groups excluding carboxylic acids is 2. The van der Waals surface area contributed by atoms with Gasteiger partial charge >= 0.3 is 0 Å². The third kappa shape index (κ3) is 8.13. The van der Waals surface area contributed by atoms with Crippen LogP contribution in [0.15, 0.2) is 71.9 Å². The van der Waals surface area contributed by atoms with Crippen LogP contribution in [0.25, 0.3) is 11.1 Å². The topological polar surface area (TPSA) is 114 Å². The Bertz CT molecular complexity index is 1810. The van der Waals surface area contributed by atoms with Crippen LogP contribution in [0.5, 0.6) is 0 Å². The van der Waals surface area contributed by atoms with Crippen LogP contribution in [0, 0.1) is 5.82 Å². The SMILES string of the molecule is CCCc1nc(CC)c(C(=O)CCN(C(C)=O)c2cccnc2)n1Cc1ccc(-c2ccccc2S(=O)(=O)NC(C)(C)C)cc1F. The molecule has 0 unspecified atom stereocenters. The number of amides is 1. The highest BCUT2D eigenvalue weighted by Crippen LogP contribution is 2.30. The Morgan fingerprint density at radius 2 is 1.78 bits per heavy atom. The number of nitrogens with one attached hydrogen (secondary N) is 1. The normalized spacial score (nSPS) is 11.9. The van der Waals surface area contributed by atoms with E-state index in [0.29, 0.717) is 52.4 Å². The lowest BCUT2D eigenvalue weighted by Crippen LogP contribution is -2.40. The molecule has 4 aromatic rings. The Labute approximate surface area is 270 Å². The van der Waals surface area contributed by atoms with E-state index < -0.39 is 21.4 Å². The van der Waals surface area contributed by atoms with Gasteiger partial charge in [-0.05, 0) is 63.4 Å². The number of Topliss-reactive ketones (excluding diaryl/α,β-unsaturated/α-hetero) is 1. The molecule has 1 N–H and O–H groups in total. The number of pyridine rings is 1. The van der Waals surface area contributed by atoms with Crippen molar-refractivity contribution in [2.24, 2.45) is 0 Å². The van der Waals surface area contributed by atoms with Crippen molar-refractivity contribution in [1.82, 2.24) is 19.3 Å². The Balaban J connectivity index is 1.68. The first-order chi connectivity index (χ1) is 21.8. The van der Waals surface area contributed by atoms with E-state index in [9.17, 15) is 18.0 Å². The molecule has 2 heterocycles. The smallest absolute Gasteiger partial charge is 0.241 e. The minimum atomic E-state index is -3.88. The average Bonchev–Trinajstić information content (AvgIpc) is 3.34. The highest BCUT2D eigenvalue weighted by Gasteiger charge is 2.26. The summed E-state index contributed by atoms with van der Waals surface area (Å²) >= 11 is 0. The molecule has 1 amide bonds. The van der Waals surface area contributed by atoms with Gasteiger partial charge in [-0.15, -0.1) is 0 Å². The van der Waals surface area contributed by atoms with Gasteiger partial charge in [-0.1, -0.05) is 44.2 Å². The van der Waals surface area contributed by atoms with Gasteiger partial charge in [0.1, 0.15) is 17.3 Å². The minimum Gasteiger partial charge on any atom is -0.321 e. The number of anilines is 1. The number of nitrogens with zero attached hydrogens (tertiary/aromatic N) is 4. The van der Waals surface area contributed by atoms with Crippen molar-refractivity contribution in [3.05, 3.63) is 95.6 Å². The lowest BCUT2D eigenvalue weighted by molar-refractivity contribution is -0.116. The van der Waals surface area contributed by atoms with Crippen LogP contribution in [0.3, 0.4) is 0 Å². The van der Waals surface area contributed by atoms with Crippen molar-refractivity contribution in [3.63, 3.8) is 0 Å². The summed E-state index contributed by atoms with van der Waals surface area (Å²) in [6, 6.07) is 14.7. The van der Waals surface area contributed by atoms with Gasteiger partial charge in [0, 0.05) is 49.2 Å². The van der Waals surface area contributed by atoms with Gasteiger partial charge in [0.25, 0.3) is 0 Å². The predicted molar refractivity (Wildman–Crippen MR) is 178 cm³/mol. The third-order valence-corrected chi connectivity index (χ3v) is 9.22. The molecule has 0 aliphatic rings. The van der Waals surface area contributed by atoms with Crippen LogP contribution >= 0.6 is 0 Å². The van der Waals surface area contributed by atoms with E-state index in [0.717, 1.165) is 6.42 Å². The quantitative estimate of drug-likeness (QED) is 0.169. The van der Waals surface area contributed by atoms with E-state index >= 15 is 4.39 Å². The molecule has 9 nitrogen and oxygen atoms in total. The van der Waals surface area contributed by atoms with E-state index in [1.807, 2.05) is 13.8 Å². The fraction of sp³-hybridized carbons (Fsp3) is 0.371. The monoisotopic (exact) mass is 647 g/mol. The first-order valence-electron chi connectivity index (χ1n) is 15.5. The maximum absolute atomic E-state index is 15.9. The number of carbonyl (C=O) groups is 2. The molecule has 0 bridgehead atoms. The Kier molecular flexibility index (Phi) is 10.9. The standard InChI is InChI=1S/C35H42FN5O4S/c1-7-12-33-38-30(8-2)34(31(43)18-20-40(24(3)42)27-13-11-19-37-22-27)41(33)23-26-17-16-25(21-29(26)36)28-14-9-10-15-32(28)46(44,45)39-35(4,5)6/h9-11,13-17,19,21-22,39H,7-8,12,18,20,23H2,1-6H3. The molecule has 2 aromatic heterocycles. The van der Waals surface area contributed by atoms with Crippen LogP contribution in [-0.2, 0) is 34.2 Å². The predicted octanol–water partition coefficient (Wildman–Crippen LogP) is 6.35. The minimum absolute atomic E-state index is 0.0496. The van der Waals surface area contributed by atoms with Crippen LogP contribution in [0.4, 0.5) is 10.1 Å². The summed E-state index contributed by atoms with van der Waals surface area (Å²) in [6.45, 7) is 10.9. The van der Waals surface area contributed by atoms with Crippen molar-refractivity contribution < 1.29 is 22.4 Å². The maximum atomic E-state index is 15.9. The van der Waals surface area contributed by atoms with Crippen molar-refractivity contribution in [2.45, 2.75) is 84.2 Å². The molecule has 0 fully saturated rings. The number of rotatable bonds is 13. The molecular formula is C35H42FN5O4S. The first kappa shape index (κ1) is 34.6. The molecule has 11 heteroatoms. The molecular weight excluding hydrogens is 605 g/mol. The molecule has 0 saturated carbocycles. The highest BCUT2D eigenvalue weighted by atomic mass is 32.2. The molecule has 0 spiro atoms. The molecule has 244 valence electrons. The fourth-order valence-electron chi connectivity index (χ4n) is 5.42. The lowest BCUT2D eigenvalue weighted by atomic mass is 10.0. The number of aryl methyl sites for hydroxylation is 2. The molecule has 2 aromatic carbocycles. The fourth-order valence-corrected chi connectivity index (χ4v) is 7.07. The van der Waals surface area contributed by atoms with Gasteiger partial charge in [0.2, 0.25) is 15.9 Å². The molecule has 0 aliphatic carbocycles. The number of imidazole rings is 1. The van der Waals surface area contributed by atoms with Gasteiger partial charge in [-0.3, -0.25) is 14.6 Å². The van der Waals surface area contributed by atoms with Crippen LogP contribution in [0.1, 0.15) is 82.0 Å². The van der Waals surface area contributed by atoms with Crippen molar-refractivity contribution in [3.8, 4) is 11.1 Å². The van der Waals surface area contributed by atoms with Gasteiger partial charge in [0.15, 0.2) is 5.78 Å². The third-order valence-electron chi connectivity index (χ3n) is 7.40. The van der Waals surface area contributed by atoms with Crippen LogP contribution in [-0.4, -0.2) is 46.7 Å². The van der Waals surface area contributed by atoms with Crippen molar-refractivity contribution >= 4 is 27.4 Å². The summed E-state index contributed by atoms with van der Waals surface area (Å²) in [4.78, 5) is 36.6. The van der Waals surface area contributed by atoms with Crippen molar-refractivity contribution in [1.29, 1.82) is 0 Å². The number of aromatic nitrogens is 3. The second-order valence-corrected chi connectivity index (χ2v) is 13.9. The summed E-state index contributed by atoms with van der Waals surface area (Å²) in [7, 11) is -3.88. The second-order valence-electron chi connectivity index (χ2n) is 12.2. The molecule has 0 radical (unpaired) electrons. The summed E-state index contributed by atoms with van der Waals surface area (Å²) in [6.07, 6.45) is 5.13. The molecule has 0 aliphatic heterocycles. The number of hydrogen-bond donors (Lipinski definition) is 1. The number of hydrogen-bond acceptors (Lipinski definition) is 6. The zero-order chi connectivity index (χ0) is 33.6. The molecule has 0 saturated heterocycles. The summed E-state index contributed by atoms with van der Waals surface area (Å²) in [5.74, 6) is -0.237. The van der Waals surface area contributed by atoms with Crippen LogP contribution in [0.2, 0.25) is 0 Å². The second kappa shape index (κ2) is 14.5. The van der Waals surface area contributed by atoms with E-state index in [1.54, 1.807) is 80.2 Å². The van der Waals surface area contributed by atoms with Gasteiger partial charge in [-0.2, -0.15) is 0 Å². The number of benzene rings is 2. The van der Waals surface area contributed by atoms with E-state index in [-0.39, 0.29) is 36.1 Å². The van der Waals surface area contributed by atoms with Crippen LogP contribution < -0.4 is 9.62 Å². The Morgan fingerprint density at radius 1 is 1.04 bits per heavy atom. The Morgan fingerprint density at radius 3 is 2.39 bits per heavy atom. The van der Waals surface area contributed by atoms with Gasteiger partial charge < -0.3 is 9.47 Å². The van der Waals surface area contributed by atoms with Gasteiger partial charge in [0.05, 0.1) is 29.0 Å². The van der Waals surface area contributed by atoms with Crippen molar-refractivity contribution in [2.75, 3.05) is 11.4 Å². The number of ketones is 1. The largest absolute Gasteiger partial charge is 0.321 e. The number of sulfonamides is 1. The average molecular weight is 648 g/mol. The molecule has 46 heavy (non-hydrogen) atoms. The summed E-state index contributed by atoms with van der Waals surface area (Å²) in [5, 5.41) is 0.